The number of nitrogens with zero attached hydrogens (tertiary/aromatic N) is 2. The SMILES string of the molecule is N#CC1=C(SCC(=O)Nc2ccccc2Cl)NC2=C(C(=O)CCC2)[C@H]1c1cccnc1. The molecule has 6 nitrogen and oxygen atoms in total. The fourth-order valence-corrected chi connectivity index (χ4v) is 4.85. The van der Waals surface area contributed by atoms with Crippen LogP contribution < -0.4 is 10.6 Å². The number of para-hydroxylation sites is 1. The van der Waals surface area contributed by atoms with Crippen LogP contribution in [0.3, 0.4) is 0 Å². The Hall–Kier alpha value is -3.08. The highest BCUT2D eigenvalue weighted by molar-refractivity contribution is 8.03. The molecule has 2 aliphatic rings. The van der Waals surface area contributed by atoms with Crippen molar-refractivity contribution in [2.24, 2.45) is 0 Å². The first-order chi connectivity index (χ1) is 15.1. The summed E-state index contributed by atoms with van der Waals surface area (Å²) < 4.78 is 0. The molecule has 2 heterocycles. The molecule has 4 rings (SSSR count). The molecule has 0 unspecified atom stereocenters. The lowest BCUT2D eigenvalue weighted by Gasteiger charge is -2.33. The smallest absolute Gasteiger partial charge is 0.234 e. The highest BCUT2D eigenvalue weighted by Crippen LogP contribution is 2.43. The van der Waals surface area contributed by atoms with Crippen LogP contribution in [0.15, 0.2) is 70.7 Å². The van der Waals surface area contributed by atoms with Gasteiger partial charge in [-0.3, -0.25) is 14.6 Å². The Morgan fingerprint density at radius 2 is 2.13 bits per heavy atom. The van der Waals surface area contributed by atoms with Crippen LogP contribution in [0.5, 0.6) is 0 Å². The lowest BCUT2D eigenvalue weighted by Crippen LogP contribution is -2.31. The predicted molar refractivity (Wildman–Crippen MR) is 121 cm³/mol. The molecule has 0 saturated heterocycles. The van der Waals surface area contributed by atoms with E-state index in [0.29, 0.717) is 33.3 Å². The maximum absolute atomic E-state index is 12.7. The molecule has 0 fully saturated rings. The van der Waals surface area contributed by atoms with Crippen LogP contribution in [0, 0.1) is 11.3 Å². The van der Waals surface area contributed by atoms with E-state index >= 15 is 0 Å². The van der Waals surface area contributed by atoms with Gasteiger partial charge in [-0.05, 0) is 36.6 Å². The van der Waals surface area contributed by atoms with Crippen LogP contribution in [0.4, 0.5) is 5.69 Å². The monoisotopic (exact) mass is 450 g/mol. The van der Waals surface area contributed by atoms with E-state index < -0.39 is 5.92 Å². The van der Waals surface area contributed by atoms with Gasteiger partial charge >= 0.3 is 0 Å². The second-order valence-corrected chi connectivity index (χ2v) is 8.58. The largest absolute Gasteiger partial charge is 0.352 e. The third-order valence-electron chi connectivity index (χ3n) is 5.18. The van der Waals surface area contributed by atoms with E-state index in [0.717, 1.165) is 24.1 Å². The average molecular weight is 451 g/mol. The van der Waals surface area contributed by atoms with Crippen LogP contribution in [0.25, 0.3) is 0 Å². The molecule has 31 heavy (non-hydrogen) atoms. The summed E-state index contributed by atoms with van der Waals surface area (Å²) in [6, 6.07) is 13.0. The fourth-order valence-electron chi connectivity index (χ4n) is 3.80. The summed E-state index contributed by atoms with van der Waals surface area (Å²) in [6.45, 7) is 0. The Labute approximate surface area is 189 Å². The molecule has 8 heteroatoms. The lowest BCUT2D eigenvalue weighted by molar-refractivity contribution is -0.116. The second-order valence-electron chi connectivity index (χ2n) is 7.18. The van der Waals surface area contributed by atoms with Gasteiger partial charge < -0.3 is 10.6 Å². The number of hydrogen-bond donors (Lipinski definition) is 2. The molecule has 156 valence electrons. The van der Waals surface area contributed by atoms with E-state index in [1.54, 1.807) is 42.7 Å². The summed E-state index contributed by atoms with van der Waals surface area (Å²) in [7, 11) is 0. The molecule has 0 bridgehead atoms. The van der Waals surface area contributed by atoms with Crippen LogP contribution >= 0.6 is 23.4 Å². The molecule has 1 aliphatic heterocycles. The molecule has 0 spiro atoms. The number of halogens is 1. The predicted octanol–water partition coefficient (Wildman–Crippen LogP) is 4.54. The Kier molecular flexibility index (Phi) is 6.40. The maximum Gasteiger partial charge on any atom is 0.234 e. The summed E-state index contributed by atoms with van der Waals surface area (Å²) in [5.74, 6) is -0.565. The van der Waals surface area contributed by atoms with Crippen LogP contribution in [0.1, 0.15) is 30.7 Å². The topological polar surface area (TPSA) is 94.9 Å². The number of benzene rings is 1. The number of dihydropyridines is 1. The molecule has 0 radical (unpaired) electrons. The lowest BCUT2D eigenvalue weighted by atomic mass is 9.77. The van der Waals surface area contributed by atoms with E-state index in [2.05, 4.69) is 21.7 Å². The van der Waals surface area contributed by atoms with Gasteiger partial charge in [0.25, 0.3) is 0 Å². The molecule has 0 saturated carbocycles. The van der Waals surface area contributed by atoms with Gasteiger partial charge in [0.05, 0.1) is 39.1 Å². The first-order valence-electron chi connectivity index (χ1n) is 9.83. The summed E-state index contributed by atoms with van der Waals surface area (Å²) in [6.07, 6.45) is 5.31. The van der Waals surface area contributed by atoms with Gasteiger partial charge in [0, 0.05) is 30.1 Å². The number of allylic oxidation sites excluding steroid dienone is 3. The minimum absolute atomic E-state index is 0.0517. The molecule has 1 aromatic carbocycles. The highest BCUT2D eigenvalue weighted by atomic mass is 35.5. The van der Waals surface area contributed by atoms with Crippen molar-refractivity contribution in [3.63, 3.8) is 0 Å². The van der Waals surface area contributed by atoms with Crippen molar-refractivity contribution in [1.29, 1.82) is 5.26 Å². The number of hydrogen-bond acceptors (Lipinski definition) is 6. The summed E-state index contributed by atoms with van der Waals surface area (Å²) >= 11 is 7.35. The Morgan fingerprint density at radius 1 is 1.29 bits per heavy atom. The third-order valence-corrected chi connectivity index (χ3v) is 6.52. The number of carbonyl (C=O) groups is 2. The quantitative estimate of drug-likeness (QED) is 0.694. The van der Waals surface area contributed by atoms with Crippen molar-refractivity contribution in [2.45, 2.75) is 25.2 Å². The van der Waals surface area contributed by atoms with Crippen molar-refractivity contribution in [1.82, 2.24) is 10.3 Å². The minimum Gasteiger partial charge on any atom is -0.352 e. The molecule has 1 aliphatic carbocycles. The fraction of sp³-hybridized carbons (Fsp3) is 0.217. The van der Waals surface area contributed by atoms with Crippen molar-refractivity contribution >= 4 is 40.7 Å². The number of aromatic nitrogens is 1. The number of thioether (sulfide) groups is 1. The first-order valence-corrected chi connectivity index (χ1v) is 11.2. The second kappa shape index (κ2) is 9.38. The molecule has 1 atom stereocenters. The number of pyridine rings is 1. The van der Waals surface area contributed by atoms with Gasteiger partial charge in [-0.15, -0.1) is 0 Å². The van der Waals surface area contributed by atoms with Crippen molar-refractivity contribution in [2.75, 3.05) is 11.1 Å². The number of nitriles is 1. The number of rotatable bonds is 5. The summed E-state index contributed by atoms with van der Waals surface area (Å²) in [4.78, 5) is 29.4. The zero-order valence-electron chi connectivity index (χ0n) is 16.5. The van der Waals surface area contributed by atoms with Crippen LogP contribution in [-0.2, 0) is 9.59 Å². The Bertz CT molecular complexity index is 1140. The molecule has 2 N–H and O–H groups in total. The number of anilines is 1. The zero-order valence-corrected chi connectivity index (χ0v) is 18.1. The number of ketones is 1. The molecular formula is C23H19ClN4O2S. The van der Waals surface area contributed by atoms with Gasteiger partial charge in [-0.2, -0.15) is 5.26 Å². The van der Waals surface area contributed by atoms with Gasteiger partial charge in [-0.1, -0.05) is 41.6 Å². The maximum atomic E-state index is 12.7. The number of nitrogens with one attached hydrogen (secondary N) is 2. The average Bonchev–Trinajstić information content (AvgIpc) is 2.79. The number of carbonyl (C=O) groups excluding carboxylic acids is 2. The Morgan fingerprint density at radius 3 is 2.87 bits per heavy atom. The highest BCUT2D eigenvalue weighted by Gasteiger charge is 2.37. The number of Topliss-reactive ketones (excluding diaryl/α,β-unsaturated/α-hetero) is 1. The molecule has 2 aromatic rings. The minimum atomic E-state index is -0.475. The van der Waals surface area contributed by atoms with Gasteiger partial charge in [0.2, 0.25) is 5.91 Å². The van der Waals surface area contributed by atoms with Crippen molar-refractivity contribution in [3.05, 3.63) is 81.3 Å². The normalized spacial score (nSPS) is 18.2. The van der Waals surface area contributed by atoms with Crippen molar-refractivity contribution in [3.8, 4) is 6.07 Å². The third kappa shape index (κ3) is 4.50. The molecule has 1 amide bonds. The van der Waals surface area contributed by atoms with Crippen molar-refractivity contribution < 1.29 is 9.59 Å². The number of amides is 1. The van der Waals surface area contributed by atoms with Gasteiger partial charge in [-0.25, -0.2) is 0 Å². The van der Waals surface area contributed by atoms with E-state index in [4.69, 9.17) is 11.6 Å². The van der Waals surface area contributed by atoms with E-state index in [1.807, 2.05) is 6.07 Å². The van der Waals surface area contributed by atoms with E-state index in [1.165, 1.54) is 11.8 Å². The van der Waals surface area contributed by atoms with Gasteiger partial charge in [0.15, 0.2) is 5.78 Å². The summed E-state index contributed by atoms with van der Waals surface area (Å²) in [5.41, 5.74) is 3.23. The van der Waals surface area contributed by atoms with E-state index in [-0.39, 0.29) is 17.4 Å². The first kappa shape index (κ1) is 21.2. The van der Waals surface area contributed by atoms with E-state index in [9.17, 15) is 14.9 Å². The standard InChI is InChI=1S/C23H19ClN4O2S/c24-16-6-1-2-7-17(16)27-20(30)13-31-23-15(11-25)21(14-5-4-10-26-12-14)22-18(28-23)8-3-9-19(22)29/h1-2,4-7,10,12,21,28H,3,8-9,13H2,(H,27,30)/t21-/m0/s1. The van der Waals surface area contributed by atoms with Crippen LogP contribution in [0.2, 0.25) is 5.02 Å². The summed E-state index contributed by atoms with van der Waals surface area (Å²) in [5, 5.41) is 17.1. The molecular weight excluding hydrogens is 432 g/mol. The van der Waals surface area contributed by atoms with Crippen LogP contribution in [-0.4, -0.2) is 22.4 Å². The van der Waals surface area contributed by atoms with Gasteiger partial charge in [0.1, 0.15) is 0 Å². The molecule has 1 aromatic heterocycles. The Balaban J connectivity index is 1.60. The zero-order chi connectivity index (χ0) is 21.8.